The first-order valence-corrected chi connectivity index (χ1v) is 8.66. The predicted octanol–water partition coefficient (Wildman–Crippen LogP) is 0.847. The van der Waals surface area contributed by atoms with E-state index in [1.165, 1.54) is 24.3 Å². The van der Waals surface area contributed by atoms with Gasteiger partial charge in [0.25, 0.3) is 0 Å². The number of aliphatic carboxylic acids is 2. The fourth-order valence-electron chi connectivity index (χ4n) is 1.12. The van der Waals surface area contributed by atoms with E-state index >= 15 is 0 Å². The third kappa shape index (κ3) is 15.0. The molecule has 6 nitrogen and oxygen atoms in total. The minimum absolute atomic E-state index is 0.304. The predicted molar refractivity (Wildman–Crippen MR) is 75.4 cm³/mol. The van der Waals surface area contributed by atoms with Crippen molar-refractivity contribution in [3.05, 3.63) is 60.2 Å². The van der Waals surface area contributed by atoms with Crippen molar-refractivity contribution in [2.24, 2.45) is 0 Å². The molecule has 0 aliphatic carbocycles. The number of halogens is 2. The SMILES string of the molecule is CC(=O)[O-].CC(=O)[O-].Fc1ccc([O][Zr+2][O]c2ccc(F)cc2)cc1. The number of benzene rings is 2. The Labute approximate surface area is 155 Å². The summed E-state index contributed by atoms with van der Waals surface area (Å²) in [4.78, 5) is 17.8. The van der Waals surface area contributed by atoms with Gasteiger partial charge in [-0.3, -0.25) is 0 Å². The van der Waals surface area contributed by atoms with E-state index in [1.54, 1.807) is 24.3 Å². The van der Waals surface area contributed by atoms with Gasteiger partial charge in [-0.05, 0) is 13.8 Å². The molecule has 0 fully saturated rings. The first kappa shape index (κ1) is 22.7. The van der Waals surface area contributed by atoms with Crippen molar-refractivity contribution in [3.63, 3.8) is 0 Å². The molecule has 132 valence electrons. The van der Waals surface area contributed by atoms with Crippen LogP contribution in [0.5, 0.6) is 11.5 Å². The van der Waals surface area contributed by atoms with Crippen LogP contribution in [-0.4, -0.2) is 11.9 Å². The second-order valence-electron chi connectivity index (χ2n) is 4.18. The average molecular weight is 432 g/mol. The van der Waals surface area contributed by atoms with Crippen molar-refractivity contribution in [1.29, 1.82) is 0 Å². The molecule has 0 bridgehead atoms. The molecule has 2 aromatic carbocycles. The molecule has 0 radical (unpaired) electrons. The first-order chi connectivity index (χ1) is 11.7. The van der Waals surface area contributed by atoms with Gasteiger partial charge in [-0.2, -0.15) is 0 Å². The van der Waals surface area contributed by atoms with E-state index in [0.29, 0.717) is 11.5 Å². The van der Waals surface area contributed by atoms with Gasteiger partial charge in [0.15, 0.2) is 0 Å². The molecule has 0 spiro atoms. The van der Waals surface area contributed by atoms with Crippen molar-refractivity contribution in [2.75, 3.05) is 0 Å². The summed E-state index contributed by atoms with van der Waals surface area (Å²) in [6.45, 7) is 1.94. The van der Waals surface area contributed by atoms with Crippen LogP contribution in [-0.2, 0) is 33.7 Å². The van der Waals surface area contributed by atoms with Crippen LogP contribution in [0.15, 0.2) is 48.5 Å². The Bertz CT molecular complexity index is 581. The second-order valence-corrected chi connectivity index (χ2v) is 5.59. The minimum atomic E-state index is -1.53. The Kier molecular flexibility index (Phi) is 11.9. The molecule has 0 saturated carbocycles. The van der Waals surface area contributed by atoms with Gasteiger partial charge in [0, 0.05) is 11.9 Å². The van der Waals surface area contributed by atoms with Crippen LogP contribution >= 0.6 is 0 Å². The molecule has 0 atom stereocenters. The number of carbonyl (C=O) groups is 2. The Morgan fingerprint density at radius 1 is 0.760 bits per heavy atom. The molecular weight excluding hydrogens is 417 g/mol. The molecule has 0 heterocycles. The summed E-state index contributed by atoms with van der Waals surface area (Å²) in [5, 5.41) is 17.8. The Morgan fingerprint density at radius 3 is 1.24 bits per heavy atom. The zero-order valence-electron chi connectivity index (χ0n) is 13.3. The molecule has 25 heavy (non-hydrogen) atoms. The van der Waals surface area contributed by atoms with E-state index < -0.39 is 36.1 Å². The normalized spacial score (nSPS) is 8.48. The van der Waals surface area contributed by atoms with Gasteiger partial charge in [-0.1, -0.05) is 0 Å². The average Bonchev–Trinajstić information content (AvgIpc) is 2.50. The van der Waals surface area contributed by atoms with Gasteiger partial charge in [-0.15, -0.1) is 0 Å². The summed E-state index contributed by atoms with van der Waals surface area (Å²) in [6.07, 6.45) is 0. The molecule has 0 N–H and O–H groups in total. The molecule has 0 aromatic heterocycles. The number of hydrogen-bond acceptors (Lipinski definition) is 6. The summed E-state index contributed by atoms with van der Waals surface area (Å²) >= 11 is -1.53. The maximum absolute atomic E-state index is 12.6. The van der Waals surface area contributed by atoms with Gasteiger partial charge >= 0.3 is 110 Å². The zero-order valence-corrected chi connectivity index (χ0v) is 15.8. The topological polar surface area (TPSA) is 98.7 Å². The molecule has 0 aliphatic rings. The Morgan fingerprint density at radius 2 is 1.00 bits per heavy atom. The molecule has 2 rings (SSSR count). The summed E-state index contributed by atoms with van der Waals surface area (Å²) in [6, 6.07) is 11.5. The van der Waals surface area contributed by atoms with Crippen molar-refractivity contribution >= 4 is 11.9 Å². The molecule has 0 unspecified atom stereocenters. The van der Waals surface area contributed by atoms with Crippen LogP contribution in [0.2, 0.25) is 0 Å². The van der Waals surface area contributed by atoms with E-state index in [-0.39, 0.29) is 11.6 Å². The van der Waals surface area contributed by atoms with Crippen molar-refractivity contribution in [1.82, 2.24) is 0 Å². The van der Waals surface area contributed by atoms with Gasteiger partial charge < -0.3 is 19.8 Å². The summed E-state index contributed by atoms with van der Waals surface area (Å²) < 4.78 is 36.0. The monoisotopic (exact) mass is 430 g/mol. The van der Waals surface area contributed by atoms with Crippen molar-refractivity contribution in [2.45, 2.75) is 13.8 Å². The standard InChI is InChI=1S/2C6H5FO.2C2H4O2.Zr/c2*7-5-1-3-6(8)4-2-5;2*1-2(3)4;/h2*1-4,8H;2*1H3,(H,3,4);/q;;;;+4/p-4. The maximum atomic E-state index is 12.6. The number of carbonyl (C=O) groups excluding carboxylic acids is 2. The molecular formula is C16H14F2O6Zr. The molecule has 0 amide bonds. The number of carboxylic acids is 2. The quantitative estimate of drug-likeness (QED) is 0.712. The Balaban J connectivity index is 0.000000609. The van der Waals surface area contributed by atoms with Gasteiger partial charge in [-0.25, -0.2) is 0 Å². The fraction of sp³-hybridized carbons (Fsp3) is 0.125. The van der Waals surface area contributed by atoms with Crippen LogP contribution in [0.3, 0.4) is 0 Å². The van der Waals surface area contributed by atoms with Crippen LogP contribution in [0, 0.1) is 11.6 Å². The zero-order chi connectivity index (χ0) is 19.2. The van der Waals surface area contributed by atoms with E-state index in [1.807, 2.05) is 0 Å². The van der Waals surface area contributed by atoms with Crippen molar-refractivity contribution < 1.29 is 58.3 Å². The van der Waals surface area contributed by atoms with E-state index in [9.17, 15) is 8.78 Å². The van der Waals surface area contributed by atoms with Crippen LogP contribution in [0.4, 0.5) is 8.78 Å². The molecule has 0 aliphatic heterocycles. The van der Waals surface area contributed by atoms with Crippen LogP contribution < -0.4 is 15.8 Å². The van der Waals surface area contributed by atoms with Gasteiger partial charge in [0.2, 0.25) is 0 Å². The van der Waals surface area contributed by atoms with E-state index in [4.69, 9.17) is 25.4 Å². The molecule has 9 heteroatoms. The molecule has 0 saturated heterocycles. The fourth-order valence-corrected chi connectivity index (χ4v) is 2.37. The van der Waals surface area contributed by atoms with Gasteiger partial charge in [0.1, 0.15) is 0 Å². The third-order valence-corrected chi connectivity index (χ3v) is 3.51. The number of carboxylic acid groups (broad SMARTS) is 2. The van der Waals surface area contributed by atoms with Crippen molar-refractivity contribution in [3.8, 4) is 11.5 Å². The summed E-state index contributed by atoms with van der Waals surface area (Å²) in [5.41, 5.74) is 0. The van der Waals surface area contributed by atoms with E-state index in [0.717, 1.165) is 13.8 Å². The van der Waals surface area contributed by atoms with Gasteiger partial charge in [0.05, 0.1) is 0 Å². The summed E-state index contributed by atoms with van der Waals surface area (Å²) in [5.74, 6) is -1.61. The number of hydrogen-bond donors (Lipinski definition) is 0. The van der Waals surface area contributed by atoms with Crippen LogP contribution in [0.1, 0.15) is 13.8 Å². The van der Waals surface area contributed by atoms with E-state index in [2.05, 4.69) is 0 Å². The Hall–Kier alpha value is -2.28. The summed E-state index contributed by atoms with van der Waals surface area (Å²) in [7, 11) is 0. The van der Waals surface area contributed by atoms with Crippen LogP contribution in [0.25, 0.3) is 0 Å². The second kappa shape index (κ2) is 13.1. The number of rotatable bonds is 4. The first-order valence-electron chi connectivity index (χ1n) is 6.65. The molecule has 2 aromatic rings. The third-order valence-electron chi connectivity index (χ3n) is 1.95.